The number of hydrogen-bond acceptors (Lipinski definition) is 7. The smallest absolute Gasteiger partial charge is 0.405 e. The molecule has 5 atom stereocenters. The van der Waals surface area contributed by atoms with E-state index >= 15 is 0 Å². The van der Waals surface area contributed by atoms with Gasteiger partial charge in [0.2, 0.25) is 23.5 Å². The predicted molar refractivity (Wildman–Crippen MR) is 162 cm³/mol. The fourth-order valence-electron chi connectivity index (χ4n) is 4.58. The molecule has 0 aromatic heterocycles. The molecule has 2 aromatic rings. The van der Waals surface area contributed by atoms with Gasteiger partial charge in [-0.15, -0.1) is 0 Å². The van der Waals surface area contributed by atoms with E-state index < -0.39 is 72.0 Å². The van der Waals surface area contributed by atoms with Crippen LogP contribution < -0.4 is 27.0 Å². The molecule has 0 aliphatic rings. The van der Waals surface area contributed by atoms with E-state index in [4.69, 9.17) is 10.8 Å². The maximum Gasteiger partial charge on any atom is 0.405 e. The molecule has 7 N–H and O–H groups in total. The highest BCUT2D eigenvalue weighted by Crippen LogP contribution is 2.17. The zero-order valence-electron chi connectivity index (χ0n) is 25.3. The molecular weight excluding hydrogens is 568 g/mol. The Morgan fingerprint density at radius 2 is 1.50 bits per heavy atom. The van der Waals surface area contributed by atoms with Crippen molar-refractivity contribution >= 4 is 46.3 Å². The third-order valence-electron chi connectivity index (χ3n) is 7.17. The van der Waals surface area contributed by atoms with Gasteiger partial charge in [0, 0.05) is 6.42 Å². The summed E-state index contributed by atoms with van der Waals surface area (Å²) in [4.78, 5) is 75.8. The number of nitrogens with two attached hydrogens (primary N) is 1. The minimum atomic E-state index is -1.51. The van der Waals surface area contributed by atoms with Crippen molar-refractivity contribution in [1.82, 2.24) is 21.3 Å². The number of Topliss-reactive ketones (excluding diaryl/α,β-unsaturated/α-hetero) is 1. The Labute approximate surface area is 255 Å². The molecule has 236 valence electrons. The van der Waals surface area contributed by atoms with Crippen molar-refractivity contribution in [3.05, 3.63) is 48.0 Å². The number of carboxylic acid groups (broad SMARTS) is 1. The van der Waals surface area contributed by atoms with Crippen LogP contribution in [0.2, 0.25) is 0 Å². The summed E-state index contributed by atoms with van der Waals surface area (Å²) in [6.45, 7) is 6.95. The molecule has 2 rings (SSSR count). The Morgan fingerprint density at radius 3 is 2.07 bits per heavy atom. The molecule has 3 unspecified atom stereocenters. The number of carbonyl (C=O) groups is 6. The van der Waals surface area contributed by atoms with E-state index in [2.05, 4.69) is 21.3 Å². The monoisotopic (exact) mass is 608 g/mol. The van der Waals surface area contributed by atoms with E-state index in [1.165, 1.54) is 0 Å². The Kier molecular flexibility index (Phi) is 13.3. The van der Waals surface area contributed by atoms with Crippen LogP contribution in [0, 0.1) is 23.2 Å². The number of benzene rings is 2. The Balaban J connectivity index is 2.18. The molecule has 0 aliphatic heterocycles. The first-order valence-corrected chi connectivity index (χ1v) is 14.4. The average molecular weight is 609 g/mol. The second-order valence-electron chi connectivity index (χ2n) is 11.1. The van der Waals surface area contributed by atoms with Crippen molar-refractivity contribution in [3.8, 4) is 6.07 Å². The first-order chi connectivity index (χ1) is 20.8. The fraction of sp³-hybridized carbons (Fsp3) is 0.452. The van der Waals surface area contributed by atoms with E-state index in [0.29, 0.717) is 12.0 Å². The molecule has 2 aromatic carbocycles. The zero-order valence-corrected chi connectivity index (χ0v) is 25.3. The van der Waals surface area contributed by atoms with Gasteiger partial charge in [0.25, 0.3) is 5.91 Å². The molecule has 13 heteroatoms. The lowest BCUT2D eigenvalue weighted by Crippen LogP contribution is -2.58. The Bertz CT molecular complexity index is 1420. The number of nitriles is 1. The normalized spacial score (nSPS) is 14.3. The summed E-state index contributed by atoms with van der Waals surface area (Å²) >= 11 is 0. The van der Waals surface area contributed by atoms with Gasteiger partial charge in [-0.2, -0.15) is 5.26 Å². The number of fused-ring (bicyclic) bond motifs is 1. The number of rotatable bonds is 16. The van der Waals surface area contributed by atoms with E-state index in [0.717, 1.165) is 10.8 Å². The summed E-state index contributed by atoms with van der Waals surface area (Å²) < 4.78 is 0. The minimum Gasteiger partial charge on any atom is -0.465 e. The lowest BCUT2D eigenvalue weighted by molar-refractivity contribution is -0.142. The van der Waals surface area contributed by atoms with E-state index in [1.54, 1.807) is 39.8 Å². The lowest BCUT2D eigenvalue weighted by atomic mass is 9.93. The van der Waals surface area contributed by atoms with Crippen molar-refractivity contribution in [2.45, 2.75) is 77.5 Å². The molecule has 0 fully saturated rings. The molecule has 0 bridgehead atoms. The molecule has 0 saturated carbocycles. The number of primary amides is 1. The Morgan fingerprint density at radius 1 is 0.864 bits per heavy atom. The fourth-order valence-corrected chi connectivity index (χ4v) is 4.58. The third kappa shape index (κ3) is 10.4. The van der Waals surface area contributed by atoms with E-state index in [9.17, 15) is 34.0 Å². The van der Waals surface area contributed by atoms with Crippen LogP contribution >= 0.6 is 0 Å². The molecule has 0 radical (unpaired) electrons. The molecule has 0 heterocycles. The number of carbonyl (C=O) groups excluding carboxylic acids is 5. The van der Waals surface area contributed by atoms with Crippen LogP contribution in [0.25, 0.3) is 10.8 Å². The van der Waals surface area contributed by atoms with Crippen LogP contribution in [0.5, 0.6) is 0 Å². The maximum atomic E-state index is 13.2. The van der Waals surface area contributed by atoms with Gasteiger partial charge in [-0.1, -0.05) is 76.6 Å². The summed E-state index contributed by atoms with van der Waals surface area (Å²) in [6.07, 6.45) is -1.37. The van der Waals surface area contributed by atoms with Crippen LogP contribution in [0.1, 0.15) is 52.5 Å². The second kappa shape index (κ2) is 16.6. The third-order valence-corrected chi connectivity index (χ3v) is 7.17. The highest BCUT2D eigenvalue weighted by atomic mass is 16.4. The second-order valence-corrected chi connectivity index (χ2v) is 11.1. The van der Waals surface area contributed by atoms with Crippen molar-refractivity contribution in [1.29, 1.82) is 5.26 Å². The molecular formula is C31H40N6O7. The van der Waals surface area contributed by atoms with Crippen molar-refractivity contribution in [2.24, 2.45) is 17.6 Å². The van der Waals surface area contributed by atoms with Crippen LogP contribution in [-0.2, 0) is 30.4 Å². The summed E-state index contributed by atoms with van der Waals surface area (Å²) in [5, 5.41) is 29.7. The summed E-state index contributed by atoms with van der Waals surface area (Å²) in [7, 11) is 0. The van der Waals surface area contributed by atoms with Gasteiger partial charge in [-0.3, -0.25) is 24.0 Å². The highest BCUT2D eigenvalue weighted by Gasteiger charge is 2.35. The molecule has 0 saturated heterocycles. The number of nitrogens with zero attached hydrogens (tertiary/aromatic N) is 1. The van der Waals surface area contributed by atoms with Crippen LogP contribution in [0.3, 0.4) is 0 Å². The van der Waals surface area contributed by atoms with Crippen molar-refractivity contribution < 1.29 is 33.9 Å². The van der Waals surface area contributed by atoms with E-state index in [1.807, 2.05) is 36.4 Å². The van der Waals surface area contributed by atoms with Gasteiger partial charge < -0.3 is 32.1 Å². The zero-order chi connectivity index (χ0) is 33.0. The predicted octanol–water partition coefficient (Wildman–Crippen LogP) is 1.53. The summed E-state index contributed by atoms with van der Waals surface area (Å²) in [5.41, 5.74) is 6.26. The van der Waals surface area contributed by atoms with Crippen LogP contribution in [0.15, 0.2) is 42.5 Å². The summed E-state index contributed by atoms with van der Waals surface area (Å²) in [6, 6.07) is 9.67. The first-order valence-electron chi connectivity index (χ1n) is 14.4. The van der Waals surface area contributed by atoms with Gasteiger partial charge in [0.05, 0.1) is 18.5 Å². The lowest BCUT2D eigenvalue weighted by Gasteiger charge is -2.27. The van der Waals surface area contributed by atoms with Gasteiger partial charge in [-0.25, -0.2) is 4.79 Å². The first kappa shape index (κ1) is 35.2. The quantitative estimate of drug-likeness (QED) is 0.153. The van der Waals surface area contributed by atoms with Crippen LogP contribution in [-0.4, -0.2) is 64.8 Å². The molecule has 0 aliphatic carbocycles. The SMILES string of the molecule is CC[C@H](C)C(NC(=O)[C@H](CC(C)C)NC(=O)O)C(=O)C(=O)NC(CC#N)C(=O)NC(Cc1ccc2ccccc2c1)C(N)=O. The molecule has 5 amide bonds. The topological polar surface area (TPSA) is 221 Å². The van der Waals surface area contributed by atoms with E-state index in [-0.39, 0.29) is 18.8 Å². The average Bonchev–Trinajstić information content (AvgIpc) is 2.97. The van der Waals surface area contributed by atoms with Gasteiger partial charge in [0.15, 0.2) is 0 Å². The van der Waals surface area contributed by atoms with Gasteiger partial charge in [0.1, 0.15) is 18.1 Å². The highest BCUT2D eigenvalue weighted by molar-refractivity contribution is 6.39. The number of amides is 5. The summed E-state index contributed by atoms with van der Waals surface area (Å²) in [5.74, 6) is -5.43. The molecule has 13 nitrogen and oxygen atoms in total. The number of nitrogens with one attached hydrogen (secondary N) is 4. The van der Waals surface area contributed by atoms with Gasteiger partial charge >= 0.3 is 6.09 Å². The maximum absolute atomic E-state index is 13.2. The number of hydrogen-bond donors (Lipinski definition) is 6. The Hall–Kier alpha value is -4.99. The largest absolute Gasteiger partial charge is 0.465 e. The van der Waals surface area contributed by atoms with Crippen molar-refractivity contribution in [3.63, 3.8) is 0 Å². The standard InChI is InChI=1S/C31H40N6O7/c1-5-18(4)25(37-29(41)24(14-17(2)3)36-31(43)44)26(38)30(42)34-22(12-13-32)28(40)35-23(27(33)39)16-19-10-11-20-8-6-7-9-21(20)15-19/h6-11,15,17-18,22-25,36H,5,12,14,16H2,1-4H3,(H2,33,39)(H,34,42)(H,35,40)(H,37,41)(H,43,44)/t18-,22?,23?,24-,25?/m0/s1. The number of ketones is 1. The van der Waals surface area contributed by atoms with Gasteiger partial charge in [-0.05, 0) is 34.6 Å². The molecule has 0 spiro atoms. The van der Waals surface area contributed by atoms with Crippen LogP contribution in [0.4, 0.5) is 4.79 Å². The minimum absolute atomic E-state index is 0.0438. The molecule has 44 heavy (non-hydrogen) atoms. The van der Waals surface area contributed by atoms with Crippen molar-refractivity contribution in [2.75, 3.05) is 0 Å².